The Kier molecular flexibility index (Phi) is 12.8. The van der Waals surface area contributed by atoms with Crippen LogP contribution < -0.4 is 18.9 Å². The summed E-state index contributed by atoms with van der Waals surface area (Å²) in [7, 11) is -3.20. The topological polar surface area (TPSA) is 66.8 Å². The van der Waals surface area contributed by atoms with Crippen molar-refractivity contribution in [2.45, 2.75) is 0 Å². The average Bonchev–Trinajstić information content (AvgIpc) is 1.35. The minimum atomic E-state index is -4.15. The zero-order valence-corrected chi connectivity index (χ0v) is 6.51. The van der Waals surface area contributed by atoms with E-state index in [1.807, 2.05) is 0 Å². The summed E-state index contributed by atoms with van der Waals surface area (Å²) in [6.45, 7) is 0. The molecule has 0 spiro atoms. The van der Waals surface area contributed by atoms with E-state index >= 15 is 0 Å². The summed E-state index contributed by atoms with van der Waals surface area (Å²) >= 11 is 0. The van der Waals surface area contributed by atoms with Gasteiger partial charge in [-0.3, -0.25) is 4.52 Å². The molecule has 0 aromatic heterocycles. The Balaban J connectivity index is -0.0000000417. The summed E-state index contributed by atoms with van der Waals surface area (Å²) in [5.74, 6) is 0. The molecule has 0 saturated heterocycles. The molecule has 8 heavy (non-hydrogen) atoms. The van der Waals surface area contributed by atoms with E-state index in [0.29, 0.717) is 0 Å². The second-order valence-electron chi connectivity index (χ2n) is 0.673. The van der Waals surface area contributed by atoms with Gasteiger partial charge in [0.05, 0.1) is 0 Å². The first-order valence-corrected chi connectivity index (χ1v) is 2.70. The minimum absolute atomic E-state index is 0. The Hall–Kier alpha value is 1.23. The zero-order valence-electron chi connectivity index (χ0n) is 5.51. The summed E-state index contributed by atoms with van der Waals surface area (Å²) in [5, 5.41) is 0. The molecule has 7 heteroatoms. The van der Waals surface area contributed by atoms with Gasteiger partial charge in [-0.2, -0.15) is 0 Å². The van der Waals surface area contributed by atoms with Gasteiger partial charge < -0.3 is 11.2 Å². The van der Waals surface area contributed by atoms with Crippen molar-refractivity contribution in [2.75, 3.05) is 7.11 Å². The van der Waals surface area contributed by atoms with Crippen molar-refractivity contribution in [3.63, 3.8) is 0 Å². The molecule has 0 aliphatic rings. The van der Waals surface area contributed by atoms with Crippen LogP contribution in [0.2, 0.25) is 0 Å². The molecule has 0 aliphatic heterocycles. The maximum Gasteiger partial charge on any atom is 1.00 e. The second-order valence-corrected chi connectivity index (χ2v) is 2.02. The fourth-order valence-electron chi connectivity index (χ4n) is 0. The Bertz CT molecular complexity index is 84.6. The van der Waals surface area contributed by atoms with Crippen LogP contribution in [-0.4, -0.2) is 16.9 Å². The van der Waals surface area contributed by atoms with Gasteiger partial charge in [-0.15, -0.1) is 0 Å². The number of hydrogen-bond acceptors (Lipinski definition) is 2. The van der Waals surface area contributed by atoms with Crippen LogP contribution in [-0.2, 0) is 26.2 Å². The first-order valence-electron chi connectivity index (χ1n) is 1.17. The zero-order chi connectivity index (χ0) is 5.21. The molecule has 0 aromatic carbocycles. The van der Waals surface area contributed by atoms with Crippen LogP contribution in [0, 0.1) is 0 Å². The third kappa shape index (κ3) is 15.7. The Morgan fingerprint density at radius 1 is 1.62 bits per heavy atom. The third-order valence-corrected chi connectivity index (χ3v) is 0.714. The fourth-order valence-corrected chi connectivity index (χ4v) is 0. The summed E-state index contributed by atoms with van der Waals surface area (Å²) in [6.07, 6.45) is 0. The van der Waals surface area contributed by atoms with Crippen LogP contribution in [0.5, 0.6) is 0 Å². The van der Waals surface area contributed by atoms with Crippen LogP contribution in [0.25, 0.3) is 0 Å². The third-order valence-electron chi connectivity index (χ3n) is 0.238. The predicted molar refractivity (Wildman–Crippen MR) is 20.2 cm³/mol. The molecule has 0 atom stereocenters. The molecule has 0 heterocycles. The van der Waals surface area contributed by atoms with E-state index in [9.17, 15) is 4.57 Å². The van der Waals surface area contributed by atoms with Gasteiger partial charge >= 0.3 is 26.7 Å². The van der Waals surface area contributed by atoms with E-state index in [2.05, 4.69) is 4.52 Å². The first kappa shape index (κ1) is 16.1. The second kappa shape index (κ2) is 6.35. The van der Waals surface area contributed by atoms with Crippen molar-refractivity contribution >= 4 is 7.82 Å². The molecule has 0 bridgehead atoms. The molecule has 4 nitrogen and oxygen atoms in total. The fraction of sp³-hybridized carbons (Fsp3) is 1.00. The Morgan fingerprint density at radius 3 is 1.75 bits per heavy atom. The van der Waals surface area contributed by atoms with Crippen molar-refractivity contribution in [1.29, 1.82) is 0 Å². The molecule has 0 saturated carbocycles. The number of hydrogen-bond donors (Lipinski definition) is 2. The van der Waals surface area contributed by atoms with Crippen molar-refractivity contribution in [3.05, 3.63) is 0 Å². The summed E-state index contributed by atoms with van der Waals surface area (Å²) < 4.78 is 13.1. The van der Waals surface area contributed by atoms with E-state index < -0.39 is 7.82 Å². The normalized spacial score (nSPS) is 8.88. The van der Waals surface area contributed by atoms with Gasteiger partial charge in [-0.05, 0) is 0 Å². The molecule has 2 N–H and O–H groups in total. The molecule has 0 amide bonds. The van der Waals surface area contributed by atoms with E-state index in [-0.39, 0.29) is 37.4 Å². The van der Waals surface area contributed by atoms with Gasteiger partial charge in [0.1, 0.15) is 0 Å². The van der Waals surface area contributed by atoms with Crippen molar-refractivity contribution in [2.24, 2.45) is 0 Å². The molecule has 0 unspecified atom stereocenters. The van der Waals surface area contributed by atoms with E-state index in [0.717, 1.165) is 7.11 Å². The number of phosphoric ester groups is 1. The molecular formula is CH6FeLiO4P. The van der Waals surface area contributed by atoms with Crippen LogP contribution in [0.1, 0.15) is 1.43 Å². The number of phosphoric acid groups is 1. The standard InChI is InChI=1S/CH5O4P.Fe.Li.H/c1-5-6(2,3)4;;;/h1H3,(H2,2,3,4);;;/q;;+1;-1. The Labute approximate surface area is 71.4 Å². The van der Waals surface area contributed by atoms with Crippen molar-refractivity contribution in [1.82, 2.24) is 0 Å². The first-order chi connectivity index (χ1) is 2.56. The average molecular weight is 176 g/mol. The predicted octanol–water partition coefficient (Wildman–Crippen LogP) is -3.16. The summed E-state index contributed by atoms with van der Waals surface area (Å²) in [6, 6.07) is 0. The van der Waals surface area contributed by atoms with E-state index in [4.69, 9.17) is 9.79 Å². The minimum Gasteiger partial charge on any atom is -1.00 e. The van der Waals surface area contributed by atoms with Gasteiger partial charge in [0.15, 0.2) is 0 Å². The molecule has 0 fully saturated rings. The Morgan fingerprint density at radius 2 is 1.75 bits per heavy atom. The van der Waals surface area contributed by atoms with Gasteiger partial charge in [-0.25, -0.2) is 4.57 Å². The molecule has 0 aliphatic carbocycles. The van der Waals surface area contributed by atoms with Crippen LogP contribution in [0.4, 0.5) is 0 Å². The maximum absolute atomic E-state index is 9.47. The molecule has 0 radical (unpaired) electrons. The largest absolute Gasteiger partial charge is 1.00 e. The van der Waals surface area contributed by atoms with Gasteiger partial charge in [0.25, 0.3) is 0 Å². The van der Waals surface area contributed by atoms with E-state index in [1.165, 1.54) is 0 Å². The monoisotopic (exact) mass is 176 g/mol. The molecule has 0 aromatic rings. The van der Waals surface area contributed by atoms with Crippen LogP contribution in [0.3, 0.4) is 0 Å². The number of rotatable bonds is 1. The maximum atomic E-state index is 9.47. The van der Waals surface area contributed by atoms with Crippen LogP contribution in [0.15, 0.2) is 0 Å². The van der Waals surface area contributed by atoms with Crippen molar-refractivity contribution in [3.8, 4) is 0 Å². The molecule has 48 valence electrons. The van der Waals surface area contributed by atoms with Crippen molar-refractivity contribution < 1.29 is 56.2 Å². The van der Waals surface area contributed by atoms with Crippen LogP contribution >= 0.6 is 7.82 Å². The van der Waals surface area contributed by atoms with Gasteiger partial charge in [0.2, 0.25) is 0 Å². The van der Waals surface area contributed by atoms with Gasteiger partial charge in [-0.1, -0.05) is 0 Å². The molecular weight excluding hydrogens is 170 g/mol. The summed E-state index contributed by atoms with van der Waals surface area (Å²) in [5.41, 5.74) is 0. The molecule has 0 rings (SSSR count). The summed E-state index contributed by atoms with van der Waals surface area (Å²) in [4.78, 5) is 15.4. The smallest absolute Gasteiger partial charge is 1.00 e. The van der Waals surface area contributed by atoms with E-state index in [1.54, 1.807) is 0 Å². The van der Waals surface area contributed by atoms with Gasteiger partial charge in [0, 0.05) is 24.2 Å². The quantitative estimate of drug-likeness (QED) is 0.326. The SMILES string of the molecule is COP(=O)(O)O.[Fe].[H-].[Li+].